The van der Waals surface area contributed by atoms with Crippen molar-refractivity contribution in [1.82, 2.24) is 0 Å². The number of benzene rings is 2. The van der Waals surface area contributed by atoms with Gasteiger partial charge in [-0.25, -0.2) is 0 Å². The van der Waals surface area contributed by atoms with E-state index in [2.05, 4.69) is 168 Å². The van der Waals surface area contributed by atoms with Gasteiger partial charge in [0, 0.05) is 10.6 Å². The fraction of sp³-hybridized carbons (Fsp3) is 0.381. The predicted octanol–water partition coefficient (Wildman–Crippen LogP) is 6.98. The van der Waals surface area contributed by atoms with E-state index in [1.54, 1.807) is 0 Å². The summed E-state index contributed by atoms with van der Waals surface area (Å²) >= 11 is 0. The van der Waals surface area contributed by atoms with Crippen molar-refractivity contribution in [3.8, 4) is 0 Å². The van der Waals surface area contributed by atoms with Gasteiger partial charge in [-0.2, -0.15) is 0 Å². The van der Waals surface area contributed by atoms with Gasteiger partial charge in [0.15, 0.2) is 0 Å². The number of hydrogen-bond acceptors (Lipinski definition) is 0. The summed E-state index contributed by atoms with van der Waals surface area (Å²) in [5.74, 6) is 0. The third-order valence-corrected chi connectivity index (χ3v) is 12.0. The molecule has 5 heteroatoms. The van der Waals surface area contributed by atoms with E-state index in [1.165, 1.54) is 82.2 Å². The first-order valence-electron chi connectivity index (χ1n) is 16.0. The summed E-state index contributed by atoms with van der Waals surface area (Å²) in [6.45, 7) is 27.8. The molecule has 0 radical (unpaired) electrons. The molecule has 0 fully saturated rings. The number of fused-ring (bicyclic) bond motifs is 2. The largest absolute Gasteiger partial charge is 2.00 e. The van der Waals surface area contributed by atoms with E-state index >= 15 is 0 Å². The number of rotatable bonds is 2. The summed E-state index contributed by atoms with van der Waals surface area (Å²) in [7, 11) is 2.79. The molecule has 0 spiro atoms. The summed E-state index contributed by atoms with van der Waals surface area (Å²) in [6.07, 6.45) is 9.72. The molecular formula is C42H50Cl2P2Zr. The van der Waals surface area contributed by atoms with E-state index in [-0.39, 0.29) is 72.7 Å². The van der Waals surface area contributed by atoms with Crippen LogP contribution >= 0.6 is 16.4 Å². The Labute approximate surface area is 320 Å². The average molecular weight is 779 g/mol. The molecule has 0 atom stereocenters. The van der Waals surface area contributed by atoms with E-state index in [1.807, 2.05) is 0 Å². The first kappa shape index (κ1) is 41.9. The van der Waals surface area contributed by atoms with Crippen molar-refractivity contribution >= 4 is 38.1 Å². The third-order valence-electron chi connectivity index (χ3n) is 8.53. The van der Waals surface area contributed by atoms with Gasteiger partial charge in [0.2, 0.25) is 0 Å². The Morgan fingerprint density at radius 2 is 0.681 bits per heavy atom. The molecule has 0 nitrogen and oxygen atoms in total. The topological polar surface area (TPSA) is 0 Å². The molecule has 6 rings (SSSR count). The Morgan fingerprint density at radius 3 is 0.936 bits per heavy atom. The maximum Gasteiger partial charge on any atom is 2.00 e. The molecule has 0 saturated carbocycles. The van der Waals surface area contributed by atoms with Gasteiger partial charge in [-0.15, -0.1) is 0 Å². The molecule has 4 aliphatic rings. The van der Waals surface area contributed by atoms with Gasteiger partial charge in [-0.3, -0.25) is 0 Å². The molecule has 0 aromatic heterocycles. The Hall–Kier alpha value is -1.32. The van der Waals surface area contributed by atoms with Crippen LogP contribution in [0.1, 0.15) is 94.2 Å². The van der Waals surface area contributed by atoms with Crippen molar-refractivity contribution in [2.45, 2.75) is 83.1 Å². The smallest absolute Gasteiger partial charge is 1.00 e. The normalized spacial score (nSPS) is 17.7. The maximum atomic E-state index is 2.44. The summed E-state index contributed by atoms with van der Waals surface area (Å²) < 4.78 is 0. The molecule has 2 aliphatic carbocycles. The summed E-state index contributed by atoms with van der Waals surface area (Å²) in [5, 5.41) is 6.11. The molecule has 2 aliphatic heterocycles. The predicted molar refractivity (Wildman–Crippen MR) is 201 cm³/mol. The Kier molecular flexibility index (Phi) is 13.6. The van der Waals surface area contributed by atoms with Crippen LogP contribution in [0.4, 0.5) is 0 Å². The van der Waals surface area contributed by atoms with Gasteiger partial charge in [0.1, 0.15) is 0 Å². The SMILES string of the molecule is CC(C)(C)C1=PC2=C(C(C)(C)C)C=C(c3ccccc3)C2=C1.CC(C)(C)C1=PC2=C(C(C)(C)C)C=C(c3ccccc3)C2=C1.[Cl-].[Cl-].[Zr+2]. The molecule has 2 heterocycles. The molecule has 2 aromatic carbocycles. The van der Waals surface area contributed by atoms with Crippen molar-refractivity contribution in [2.75, 3.05) is 0 Å². The molecule has 2 aromatic rings. The number of allylic oxidation sites excluding steroid dienone is 12. The summed E-state index contributed by atoms with van der Waals surface area (Å²) in [4.78, 5) is 0. The molecule has 0 amide bonds. The fourth-order valence-corrected chi connectivity index (χ4v) is 9.05. The Morgan fingerprint density at radius 1 is 0.383 bits per heavy atom. The van der Waals surface area contributed by atoms with E-state index in [4.69, 9.17) is 0 Å². The standard InChI is InChI=1S/2C21H25P.2ClH.Zr/c2*1-20(2,3)17-12-15(14-10-8-7-9-11-14)16-13-18(21(4,5)6)22-19(16)17;;;/h2*7-13H,1-6H3;2*1H;/q;;;;+2/p-2. The Bertz CT molecular complexity index is 1600. The molecule has 0 saturated heterocycles. The fourth-order valence-electron chi connectivity index (χ4n) is 5.86. The average Bonchev–Trinajstić information content (AvgIpc) is 3.67. The van der Waals surface area contributed by atoms with Crippen LogP contribution in [0.25, 0.3) is 11.1 Å². The van der Waals surface area contributed by atoms with Crippen LogP contribution in [0.5, 0.6) is 0 Å². The molecule has 0 unspecified atom stereocenters. The molecule has 0 bridgehead atoms. The van der Waals surface area contributed by atoms with E-state index < -0.39 is 0 Å². The minimum absolute atomic E-state index is 0. The van der Waals surface area contributed by atoms with Crippen LogP contribution in [0.2, 0.25) is 0 Å². The van der Waals surface area contributed by atoms with E-state index in [0.29, 0.717) is 0 Å². The third kappa shape index (κ3) is 9.08. The number of halogens is 2. The summed E-state index contributed by atoms with van der Waals surface area (Å²) in [5.41, 5.74) is 12.2. The summed E-state index contributed by atoms with van der Waals surface area (Å²) in [6, 6.07) is 21.6. The van der Waals surface area contributed by atoms with Gasteiger partial charge in [0.05, 0.1) is 0 Å². The van der Waals surface area contributed by atoms with Crippen LogP contribution in [-0.4, -0.2) is 10.6 Å². The van der Waals surface area contributed by atoms with Gasteiger partial charge in [-0.05, 0) is 101 Å². The minimum atomic E-state index is 0. The monoisotopic (exact) mass is 776 g/mol. The van der Waals surface area contributed by atoms with Crippen LogP contribution in [-0.2, 0) is 26.2 Å². The zero-order valence-corrected chi connectivity index (χ0v) is 36.0. The second kappa shape index (κ2) is 15.3. The van der Waals surface area contributed by atoms with Crippen molar-refractivity contribution in [2.24, 2.45) is 21.7 Å². The van der Waals surface area contributed by atoms with Gasteiger partial charge in [-0.1, -0.05) is 160 Å². The quantitative estimate of drug-likeness (QED) is 0.289. The van der Waals surface area contributed by atoms with Crippen molar-refractivity contribution < 1.29 is 51.0 Å². The van der Waals surface area contributed by atoms with Crippen molar-refractivity contribution in [1.29, 1.82) is 0 Å². The molecule has 0 N–H and O–H groups in total. The maximum absolute atomic E-state index is 2.44. The van der Waals surface area contributed by atoms with Crippen molar-refractivity contribution in [3.63, 3.8) is 0 Å². The molecular weight excluding hydrogens is 729 g/mol. The van der Waals surface area contributed by atoms with Crippen LogP contribution < -0.4 is 24.8 Å². The molecule has 47 heavy (non-hydrogen) atoms. The van der Waals surface area contributed by atoms with Gasteiger partial charge >= 0.3 is 26.2 Å². The van der Waals surface area contributed by atoms with E-state index in [9.17, 15) is 0 Å². The van der Waals surface area contributed by atoms with Gasteiger partial charge in [0.25, 0.3) is 0 Å². The first-order chi connectivity index (χ1) is 20.4. The second-order valence-corrected chi connectivity index (χ2v) is 18.8. The van der Waals surface area contributed by atoms with Crippen molar-refractivity contribution in [3.05, 3.63) is 129 Å². The number of hydrogen-bond donors (Lipinski definition) is 0. The van der Waals surface area contributed by atoms with E-state index in [0.717, 1.165) is 0 Å². The Balaban J connectivity index is 0.000000307. The first-order valence-corrected chi connectivity index (χ1v) is 17.8. The van der Waals surface area contributed by atoms with Crippen LogP contribution in [0.15, 0.2) is 118 Å². The van der Waals surface area contributed by atoms with Gasteiger partial charge < -0.3 is 24.8 Å². The zero-order chi connectivity index (χ0) is 32.2. The molecule has 246 valence electrons. The van der Waals surface area contributed by atoms with Crippen LogP contribution in [0, 0.1) is 21.7 Å². The second-order valence-electron chi connectivity index (χ2n) is 16.5. The minimum Gasteiger partial charge on any atom is -1.00 e. The zero-order valence-electron chi connectivity index (χ0n) is 30.2. The van der Waals surface area contributed by atoms with Crippen LogP contribution in [0.3, 0.4) is 0 Å².